The topological polar surface area (TPSA) is 94.3 Å². The van der Waals surface area contributed by atoms with Crippen LogP contribution in [0.3, 0.4) is 0 Å². The zero-order valence-electron chi connectivity index (χ0n) is 14.4. The first-order valence-electron chi connectivity index (χ1n) is 8.39. The van der Waals surface area contributed by atoms with E-state index >= 15 is 0 Å². The fraction of sp³-hybridized carbons (Fsp3) is 0.158. The van der Waals surface area contributed by atoms with Crippen LogP contribution >= 0.6 is 23.4 Å². The van der Waals surface area contributed by atoms with Crippen molar-refractivity contribution in [2.75, 3.05) is 5.32 Å². The van der Waals surface area contributed by atoms with Gasteiger partial charge in [0.15, 0.2) is 6.61 Å². The van der Waals surface area contributed by atoms with E-state index in [1.807, 2.05) is 24.3 Å². The van der Waals surface area contributed by atoms with Crippen LogP contribution < -0.4 is 5.32 Å². The molecule has 0 saturated carbocycles. The van der Waals surface area contributed by atoms with Crippen LogP contribution in [0.25, 0.3) is 11.4 Å². The predicted octanol–water partition coefficient (Wildman–Crippen LogP) is 3.94. The number of benzene rings is 2. The number of aromatic nitrogens is 2. The molecule has 0 radical (unpaired) electrons. The van der Waals surface area contributed by atoms with E-state index in [9.17, 15) is 9.59 Å². The van der Waals surface area contributed by atoms with Crippen LogP contribution in [-0.4, -0.2) is 27.3 Å². The summed E-state index contributed by atoms with van der Waals surface area (Å²) in [6.07, 6.45) is -0.0526. The number of hydrogen-bond acceptors (Lipinski definition) is 7. The Balaban J connectivity index is 1.33. The molecule has 0 fully saturated rings. The maximum Gasteiger partial charge on any atom is 0.307 e. The van der Waals surface area contributed by atoms with Crippen molar-refractivity contribution in [2.45, 2.75) is 23.2 Å². The van der Waals surface area contributed by atoms with Crippen molar-refractivity contribution in [1.82, 2.24) is 10.1 Å². The van der Waals surface area contributed by atoms with Crippen LogP contribution in [0.4, 0.5) is 5.69 Å². The quantitative estimate of drug-likeness (QED) is 0.630. The number of thioether (sulfide) groups is 1. The molecule has 28 heavy (non-hydrogen) atoms. The summed E-state index contributed by atoms with van der Waals surface area (Å²) < 4.78 is 10.3. The molecule has 7 nitrogen and oxygen atoms in total. The van der Waals surface area contributed by atoms with Crippen LogP contribution in [0.2, 0.25) is 5.02 Å². The van der Waals surface area contributed by atoms with Crippen molar-refractivity contribution in [3.63, 3.8) is 0 Å². The monoisotopic (exact) mass is 415 g/mol. The fourth-order valence-corrected chi connectivity index (χ4v) is 3.83. The number of halogens is 1. The second-order valence-corrected chi connectivity index (χ2v) is 7.66. The summed E-state index contributed by atoms with van der Waals surface area (Å²) in [5, 5.41) is 6.71. The Kier molecular flexibility index (Phi) is 5.31. The van der Waals surface area contributed by atoms with E-state index in [4.69, 9.17) is 20.9 Å². The van der Waals surface area contributed by atoms with Gasteiger partial charge in [-0.3, -0.25) is 9.59 Å². The van der Waals surface area contributed by atoms with Crippen molar-refractivity contribution in [1.29, 1.82) is 0 Å². The first kappa shape index (κ1) is 18.5. The average molecular weight is 416 g/mol. The molecular weight excluding hydrogens is 402 g/mol. The minimum atomic E-state index is -0.547. The van der Waals surface area contributed by atoms with Crippen LogP contribution in [-0.2, 0) is 20.9 Å². The third-order valence-corrected chi connectivity index (χ3v) is 5.51. The lowest BCUT2D eigenvalue weighted by atomic mass is 10.2. The van der Waals surface area contributed by atoms with Crippen molar-refractivity contribution in [3.8, 4) is 11.4 Å². The Morgan fingerprint density at radius 3 is 2.82 bits per heavy atom. The van der Waals surface area contributed by atoms with Crippen molar-refractivity contribution < 1.29 is 18.8 Å². The molecule has 2 heterocycles. The second kappa shape index (κ2) is 8.04. The summed E-state index contributed by atoms with van der Waals surface area (Å²) in [6, 6.07) is 14.4. The number of nitrogens with zero attached hydrogens (tertiary/aromatic N) is 2. The lowest BCUT2D eigenvalue weighted by Crippen LogP contribution is -2.31. The number of esters is 1. The molecule has 1 N–H and O–H groups in total. The molecule has 2 aromatic carbocycles. The number of carbonyl (C=O) groups excluding carboxylic acids is 2. The van der Waals surface area contributed by atoms with Gasteiger partial charge in [0, 0.05) is 15.5 Å². The maximum atomic E-state index is 12.2. The van der Waals surface area contributed by atoms with E-state index in [-0.39, 0.29) is 24.8 Å². The van der Waals surface area contributed by atoms with Gasteiger partial charge in [-0.15, -0.1) is 11.8 Å². The molecule has 142 valence electrons. The molecular formula is C19H14ClN3O4S. The standard InChI is InChI=1S/C19H14ClN3O4S/c20-12-7-5-11(6-8-12)18-22-16(27-23-18)10-26-17(24)9-15-19(25)21-13-3-1-2-4-14(13)28-15/h1-8,15H,9-10H2,(H,21,25). The molecule has 0 spiro atoms. The fourth-order valence-electron chi connectivity index (χ4n) is 2.61. The smallest absolute Gasteiger partial charge is 0.307 e. The molecule has 1 aromatic heterocycles. The molecule has 4 rings (SSSR count). The summed E-state index contributed by atoms with van der Waals surface area (Å²) >= 11 is 7.20. The van der Waals surface area contributed by atoms with Crippen LogP contribution in [0.1, 0.15) is 12.3 Å². The summed E-state index contributed by atoms with van der Waals surface area (Å²) in [5.41, 5.74) is 1.49. The molecule has 1 aliphatic rings. The number of rotatable bonds is 5. The van der Waals surface area contributed by atoms with E-state index in [2.05, 4.69) is 15.5 Å². The van der Waals surface area contributed by atoms with Gasteiger partial charge < -0.3 is 14.6 Å². The molecule has 0 bridgehead atoms. The van der Waals surface area contributed by atoms with Gasteiger partial charge in [0.25, 0.3) is 5.89 Å². The second-order valence-electron chi connectivity index (χ2n) is 5.98. The third kappa shape index (κ3) is 4.18. The van der Waals surface area contributed by atoms with Gasteiger partial charge in [-0.1, -0.05) is 28.9 Å². The minimum absolute atomic E-state index is 0.0526. The van der Waals surface area contributed by atoms with Gasteiger partial charge in [0.05, 0.1) is 17.4 Å². The number of carbonyl (C=O) groups is 2. The van der Waals surface area contributed by atoms with Crippen LogP contribution in [0.5, 0.6) is 0 Å². The minimum Gasteiger partial charge on any atom is -0.456 e. The molecule has 1 aliphatic heterocycles. The lowest BCUT2D eigenvalue weighted by molar-refractivity contribution is -0.146. The molecule has 1 unspecified atom stereocenters. The summed E-state index contributed by atoms with van der Waals surface area (Å²) in [5.74, 6) is -0.187. The normalized spacial score (nSPS) is 15.6. The predicted molar refractivity (Wildman–Crippen MR) is 104 cm³/mol. The highest BCUT2D eigenvalue weighted by Gasteiger charge is 2.29. The number of anilines is 1. The van der Waals surface area contributed by atoms with E-state index in [1.54, 1.807) is 24.3 Å². The number of para-hydroxylation sites is 1. The molecule has 0 saturated heterocycles. The largest absolute Gasteiger partial charge is 0.456 e. The van der Waals surface area contributed by atoms with Crippen LogP contribution in [0.15, 0.2) is 57.9 Å². The zero-order chi connectivity index (χ0) is 19.5. The molecule has 0 aliphatic carbocycles. The summed E-state index contributed by atoms with van der Waals surface area (Å²) in [7, 11) is 0. The highest BCUT2D eigenvalue weighted by Crippen LogP contribution is 2.36. The SMILES string of the molecule is O=C(CC1Sc2ccccc2NC1=O)OCc1nc(-c2ccc(Cl)cc2)no1. The Bertz CT molecular complexity index is 1020. The van der Waals surface area contributed by atoms with Crippen molar-refractivity contribution >= 4 is 40.9 Å². The van der Waals surface area contributed by atoms with Gasteiger partial charge in [-0.05, 0) is 36.4 Å². The van der Waals surface area contributed by atoms with E-state index < -0.39 is 11.2 Å². The Morgan fingerprint density at radius 1 is 1.21 bits per heavy atom. The first-order valence-corrected chi connectivity index (χ1v) is 9.65. The van der Waals surface area contributed by atoms with E-state index in [0.29, 0.717) is 10.8 Å². The summed E-state index contributed by atoms with van der Waals surface area (Å²) in [6.45, 7) is -0.158. The first-order chi connectivity index (χ1) is 13.6. The van der Waals surface area contributed by atoms with Gasteiger partial charge in [0.1, 0.15) is 0 Å². The zero-order valence-corrected chi connectivity index (χ0v) is 16.0. The molecule has 3 aromatic rings. The Hall–Kier alpha value is -2.84. The van der Waals surface area contributed by atoms with Gasteiger partial charge in [-0.25, -0.2) is 0 Å². The van der Waals surface area contributed by atoms with Crippen LogP contribution in [0, 0.1) is 0 Å². The highest BCUT2D eigenvalue weighted by molar-refractivity contribution is 8.01. The van der Waals surface area contributed by atoms with Gasteiger partial charge >= 0.3 is 5.97 Å². The van der Waals surface area contributed by atoms with Gasteiger partial charge in [-0.2, -0.15) is 4.98 Å². The Labute approximate surface area is 169 Å². The van der Waals surface area contributed by atoms with E-state index in [0.717, 1.165) is 16.1 Å². The number of amides is 1. The molecule has 1 atom stereocenters. The van der Waals surface area contributed by atoms with Gasteiger partial charge in [0.2, 0.25) is 11.7 Å². The number of fused-ring (bicyclic) bond motifs is 1. The molecule has 1 amide bonds. The van der Waals surface area contributed by atoms with E-state index in [1.165, 1.54) is 11.8 Å². The highest BCUT2D eigenvalue weighted by atomic mass is 35.5. The number of ether oxygens (including phenoxy) is 1. The lowest BCUT2D eigenvalue weighted by Gasteiger charge is -2.23. The molecule has 9 heteroatoms. The van der Waals surface area contributed by atoms with Crippen molar-refractivity contribution in [2.24, 2.45) is 0 Å². The van der Waals surface area contributed by atoms with Crippen molar-refractivity contribution in [3.05, 3.63) is 59.4 Å². The summed E-state index contributed by atoms with van der Waals surface area (Å²) in [4.78, 5) is 29.4. The maximum absolute atomic E-state index is 12.2. The number of nitrogens with one attached hydrogen (secondary N) is 1. The Morgan fingerprint density at radius 2 is 2.00 bits per heavy atom. The number of hydrogen-bond donors (Lipinski definition) is 1. The third-order valence-electron chi connectivity index (χ3n) is 3.99. The average Bonchev–Trinajstić information content (AvgIpc) is 3.16.